The van der Waals surface area contributed by atoms with Crippen LogP contribution in [0.5, 0.6) is 0 Å². The first kappa shape index (κ1) is 26.3. The fourth-order valence-corrected chi connectivity index (χ4v) is 6.61. The Morgan fingerprint density at radius 2 is 1.82 bits per heavy atom. The van der Waals surface area contributed by atoms with Crippen molar-refractivity contribution in [3.63, 3.8) is 0 Å². The Balaban J connectivity index is 1.52. The molecule has 40 heavy (non-hydrogen) atoms. The van der Waals surface area contributed by atoms with Gasteiger partial charge in [-0.2, -0.15) is 0 Å². The van der Waals surface area contributed by atoms with Gasteiger partial charge in [0, 0.05) is 30.1 Å². The standard InChI is InChI=1S/C32H33N3O5/c1-18(39)33-28-8-6-19-12-20(15-36)25(16-37)26(17-38)32(19)23-7-9-30(31(40)13-24(23)28)35-11-10-22-21-4-2-3-5-27(21)34-29(22)14-35/h2-5,7,9,12-13,28,34,36-38H,6,8,10-11,14-17H2,1H3,(H,33,39). The van der Waals surface area contributed by atoms with Crippen molar-refractivity contribution in [2.45, 2.75) is 58.6 Å². The van der Waals surface area contributed by atoms with E-state index in [0.29, 0.717) is 53.9 Å². The highest BCUT2D eigenvalue weighted by Gasteiger charge is 2.28. The molecule has 1 atom stereocenters. The maximum atomic E-state index is 13.8. The summed E-state index contributed by atoms with van der Waals surface area (Å²) in [5.74, 6) is -0.196. The molecule has 0 fully saturated rings. The van der Waals surface area contributed by atoms with Crippen LogP contribution in [0, 0.1) is 0 Å². The number of amides is 1. The van der Waals surface area contributed by atoms with Crippen LogP contribution in [0.3, 0.4) is 0 Å². The number of carbonyl (C=O) groups excluding carboxylic acids is 1. The molecule has 5 N–H and O–H groups in total. The second kappa shape index (κ2) is 10.5. The summed E-state index contributed by atoms with van der Waals surface area (Å²) < 4.78 is 0. The van der Waals surface area contributed by atoms with Crippen LogP contribution >= 0.6 is 0 Å². The molecule has 0 radical (unpaired) electrons. The molecule has 0 saturated carbocycles. The van der Waals surface area contributed by atoms with E-state index in [-0.39, 0.29) is 31.2 Å². The molecule has 8 heteroatoms. The van der Waals surface area contributed by atoms with Crippen molar-refractivity contribution in [1.82, 2.24) is 10.3 Å². The number of aliphatic hydroxyl groups excluding tert-OH is 3. The predicted molar refractivity (Wildman–Crippen MR) is 154 cm³/mol. The minimum absolute atomic E-state index is 0.139. The van der Waals surface area contributed by atoms with Crippen LogP contribution in [0.15, 0.2) is 53.3 Å². The van der Waals surface area contributed by atoms with Crippen LogP contribution in [0.1, 0.15) is 58.5 Å². The molecular weight excluding hydrogens is 506 g/mol. The summed E-state index contributed by atoms with van der Waals surface area (Å²) in [4.78, 5) is 31.6. The number of para-hydroxylation sites is 1. The Bertz CT molecular complexity index is 1690. The number of rotatable bonds is 5. The number of fused-ring (bicyclic) bond motifs is 6. The Kier molecular flexibility index (Phi) is 6.92. The first-order valence-electron chi connectivity index (χ1n) is 13.7. The van der Waals surface area contributed by atoms with Crippen LogP contribution in [0.2, 0.25) is 0 Å². The SMILES string of the molecule is CC(=O)NC1CCc2cc(CO)c(CO)c(CO)c2-c2ccc(N3CCc4c([nH]c5ccccc45)C3)c(=O)cc21. The second-order valence-corrected chi connectivity index (χ2v) is 10.7. The van der Waals surface area contributed by atoms with E-state index in [0.717, 1.165) is 34.3 Å². The summed E-state index contributed by atoms with van der Waals surface area (Å²) in [6.07, 6.45) is 1.93. The van der Waals surface area contributed by atoms with Crippen molar-refractivity contribution in [2.24, 2.45) is 0 Å². The molecule has 1 aliphatic carbocycles. The van der Waals surface area contributed by atoms with Gasteiger partial charge < -0.3 is 30.5 Å². The van der Waals surface area contributed by atoms with Crippen molar-refractivity contribution in [3.05, 3.63) is 97.8 Å². The molecule has 1 aliphatic heterocycles. The Morgan fingerprint density at radius 3 is 2.58 bits per heavy atom. The van der Waals surface area contributed by atoms with E-state index < -0.39 is 6.04 Å². The number of aromatic amines is 1. The lowest BCUT2D eigenvalue weighted by Gasteiger charge is -2.28. The van der Waals surface area contributed by atoms with Crippen LogP contribution in [-0.2, 0) is 44.0 Å². The highest BCUT2D eigenvalue weighted by atomic mass is 16.3. The summed E-state index contributed by atoms with van der Waals surface area (Å²) in [6.45, 7) is 1.81. The van der Waals surface area contributed by atoms with Crippen molar-refractivity contribution < 1.29 is 20.1 Å². The van der Waals surface area contributed by atoms with Crippen molar-refractivity contribution >= 4 is 22.5 Å². The maximum absolute atomic E-state index is 13.8. The van der Waals surface area contributed by atoms with Gasteiger partial charge in [0.25, 0.3) is 0 Å². The third-order valence-corrected chi connectivity index (χ3v) is 8.42. The second-order valence-electron chi connectivity index (χ2n) is 10.7. The van der Waals surface area contributed by atoms with Gasteiger partial charge in [0.05, 0.1) is 38.1 Å². The largest absolute Gasteiger partial charge is 0.392 e. The number of nitrogens with zero attached hydrogens (tertiary/aromatic N) is 1. The van der Waals surface area contributed by atoms with E-state index in [1.807, 2.05) is 30.3 Å². The van der Waals surface area contributed by atoms with E-state index in [9.17, 15) is 24.9 Å². The number of nitrogens with one attached hydrogen (secondary N) is 2. The molecule has 1 unspecified atom stereocenters. The van der Waals surface area contributed by atoms with Crippen LogP contribution in [0.4, 0.5) is 5.69 Å². The van der Waals surface area contributed by atoms with Gasteiger partial charge in [0.1, 0.15) is 0 Å². The number of carbonyl (C=O) groups is 1. The van der Waals surface area contributed by atoms with E-state index in [2.05, 4.69) is 27.3 Å². The highest BCUT2D eigenvalue weighted by molar-refractivity contribution is 5.85. The molecular formula is C32H33N3O5. The summed E-state index contributed by atoms with van der Waals surface area (Å²) >= 11 is 0. The van der Waals surface area contributed by atoms with Crippen molar-refractivity contribution in [2.75, 3.05) is 11.4 Å². The Labute approximate surface area is 231 Å². The molecule has 0 spiro atoms. The molecule has 2 aliphatic rings. The zero-order chi connectivity index (χ0) is 28.0. The average Bonchev–Trinajstić information content (AvgIpc) is 3.16. The van der Waals surface area contributed by atoms with Gasteiger partial charge in [-0.05, 0) is 82.0 Å². The number of H-pyrrole nitrogens is 1. The highest BCUT2D eigenvalue weighted by Crippen LogP contribution is 2.41. The van der Waals surface area contributed by atoms with Gasteiger partial charge >= 0.3 is 0 Å². The number of benzene rings is 2. The summed E-state index contributed by atoms with van der Waals surface area (Å²) in [5, 5.41) is 34.8. The number of anilines is 1. The topological polar surface area (TPSA) is 126 Å². The number of aromatic nitrogens is 1. The first-order valence-corrected chi connectivity index (χ1v) is 13.7. The lowest BCUT2D eigenvalue weighted by molar-refractivity contribution is -0.119. The zero-order valence-electron chi connectivity index (χ0n) is 22.5. The molecule has 4 aromatic rings. The summed E-state index contributed by atoms with van der Waals surface area (Å²) in [5.41, 5.74) is 8.59. The fraction of sp³-hybridized carbons (Fsp3) is 0.312. The third kappa shape index (κ3) is 4.38. The summed E-state index contributed by atoms with van der Waals surface area (Å²) in [7, 11) is 0. The van der Waals surface area contributed by atoms with E-state index in [1.54, 1.807) is 6.07 Å². The lowest BCUT2D eigenvalue weighted by atomic mass is 9.87. The molecule has 8 nitrogen and oxygen atoms in total. The minimum Gasteiger partial charge on any atom is -0.392 e. The molecule has 6 rings (SSSR count). The van der Waals surface area contributed by atoms with E-state index >= 15 is 0 Å². The minimum atomic E-state index is -0.406. The molecule has 1 amide bonds. The van der Waals surface area contributed by atoms with Crippen LogP contribution < -0.4 is 15.6 Å². The number of aliphatic hydroxyl groups is 3. The molecule has 206 valence electrons. The Morgan fingerprint density at radius 1 is 1.02 bits per heavy atom. The maximum Gasteiger partial charge on any atom is 0.217 e. The number of hydrogen-bond donors (Lipinski definition) is 5. The first-order chi connectivity index (χ1) is 19.4. The van der Waals surface area contributed by atoms with Gasteiger partial charge in [0.2, 0.25) is 11.3 Å². The molecule has 1 aromatic heterocycles. The fourth-order valence-electron chi connectivity index (χ4n) is 6.61. The van der Waals surface area contributed by atoms with Gasteiger partial charge in [-0.3, -0.25) is 9.59 Å². The van der Waals surface area contributed by atoms with Gasteiger partial charge in [-0.1, -0.05) is 30.3 Å². The van der Waals surface area contributed by atoms with Crippen LogP contribution in [-0.4, -0.2) is 32.8 Å². The summed E-state index contributed by atoms with van der Waals surface area (Å²) in [6, 6.07) is 15.1. The molecule has 3 aromatic carbocycles. The smallest absolute Gasteiger partial charge is 0.217 e. The van der Waals surface area contributed by atoms with Gasteiger partial charge in [-0.15, -0.1) is 0 Å². The molecule has 2 heterocycles. The van der Waals surface area contributed by atoms with Gasteiger partial charge in [-0.25, -0.2) is 0 Å². The Hall–Kier alpha value is -3.98. The zero-order valence-corrected chi connectivity index (χ0v) is 22.5. The quantitative estimate of drug-likeness (QED) is 0.265. The van der Waals surface area contributed by atoms with Crippen LogP contribution in [0.25, 0.3) is 22.0 Å². The van der Waals surface area contributed by atoms with Crippen molar-refractivity contribution in [3.8, 4) is 11.1 Å². The molecule has 0 saturated heterocycles. The van der Waals surface area contributed by atoms with Crippen molar-refractivity contribution in [1.29, 1.82) is 0 Å². The predicted octanol–water partition coefficient (Wildman–Crippen LogP) is 3.36. The average molecular weight is 540 g/mol. The number of aryl methyl sites for hydroxylation is 1. The number of hydrogen-bond acceptors (Lipinski definition) is 6. The third-order valence-electron chi connectivity index (χ3n) is 8.42. The van der Waals surface area contributed by atoms with E-state index in [1.165, 1.54) is 17.9 Å². The van der Waals surface area contributed by atoms with Gasteiger partial charge in [0.15, 0.2) is 0 Å². The molecule has 0 bridgehead atoms. The van der Waals surface area contributed by atoms with E-state index in [4.69, 9.17) is 0 Å². The normalized spacial score (nSPS) is 16.2. The lowest BCUT2D eigenvalue weighted by Crippen LogP contribution is -2.33. The monoisotopic (exact) mass is 539 g/mol.